The first-order valence-electron chi connectivity index (χ1n) is 5.42. The molecule has 0 N–H and O–H groups in total. The number of aryl methyl sites for hydroxylation is 2. The third kappa shape index (κ3) is 1.67. The molecule has 0 bridgehead atoms. The molecular weight excluding hydrogens is 246 g/mol. The van der Waals surface area contributed by atoms with Crippen LogP contribution < -0.4 is 0 Å². The molecule has 3 aromatic rings. The summed E-state index contributed by atoms with van der Waals surface area (Å²) in [6, 6.07) is 7.85. The number of aromatic nitrogens is 2. The van der Waals surface area contributed by atoms with E-state index in [1.807, 2.05) is 32.0 Å². The maximum absolute atomic E-state index is 9.10. The van der Waals surface area contributed by atoms with Crippen LogP contribution in [0.3, 0.4) is 0 Å². The average Bonchev–Trinajstić information content (AvgIpc) is 2.89. The van der Waals surface area contributed by atoms with Gasteiger partial charge < -0.3 is 4.42 Å². The van der Waals surface area contributed by atoms with Crippen molar-refractivity contribution in [2.45, 2.75) is 13.8 Å². The van der Waals surface area contributed by atoms with Crippen molar-refractivity contribution in [2.24, 2.45) is 0 Å². The first-order chi connectivity index (χ1) is 8.67. The molecule has 5 heteroatoms. The lowest BCUT2D eigenvalue weighted by Crippen LogP contribution is -1.82. The lowest BCUT2D eigenvalue weighted by molar-refractivity contribution is 0.561. The van der Waals surface area contributed by atoms with E-state index in [1.165, 1.54) is 11.3 Å². The molecule has 1 aromatic carbocycles. The van der Waals surface area contributed by atoms with Gasteiger partial charge in [-0.1, -0.05) is 0 Å². The van der Waals surface area contributed by atoms with E-state index in [2.05, 4.69) is 16.0 Å². The van der Waals surface area contributed by atoms with E-state index in [-0.39, 0.29) is 0 Å². The molecule has 4 nitrogen and oxygen atoms in total. The first-order valence-corrected chi connectivity index (χ1v) is 6.24. The fourth-order valence-corrected chi connectivity index (χ4v) is 2.63. The molecule has 0 spiro atoms. The second kappa shape index (κ2) is 3.93. The van der Waals surface area contributed by atoms with Crippen LogP contribution in [0.25, 0.3) is 22.4 Å². The standard InChI is InChI=1S/C13H9N3OS/c1-7-15-10-5-9(3-4-11(10)17-7)13-12(6-14)18-8(2)16-13/h3-5H,1-2H3. The molecule has 0 radical (unpaired) electrons. The van der Waals surface area contributed by atoms with E-state index >= 15 is 0 Å². The van der Waals surface area contributed by atoms with E-state index < -0.39 is 0 Å². The lowest BCUT2D eigenvalue weighted by atomic mass is 10.1. The molecule has 0 saturated heterocycles. The molecule has 2 heterocycles. The van der Waals surface area contributed by atoms with Crippen LogP contribution in [0.4, 0.5) is 0 Å². The SMILES string of the molecule is Cc1nc2cc(-c3nc(C)sc3C#N)ccc2o1. The predicted octanol–water partition coefficient (Wildman–Crippen LogP) is 3.44. The van der Waals surface area contributed by atoms with Crippen LogP contribution in [0.1, 0.15) is 15.8 Å². The zero-order valence-electron chi connectivity index (χ0n) is 9.89. The second-order valence-electron chi connectivity index (χ2n) is 3.94. The molecule has 0 unspecified atom stereocenters. The van der Waals surface area contributed by atoms with Crippen LogP contribution in [-0.2, 0) is 0 Å². The molecule has 3 rings (SSSR count). The quantitative estimate of drug-likeness (QED) is 0.668. The molecule has 0 saturated carbocycles. The summed E-state index contributed by atoms with van der Waals surface area (Å²) >= 11 is 1.40. The Morgan fingerprint density at radius 2 is 2.11 bits per heavy atom. The number of fused-ring (bicyclic) bond motifs is 1. The number of thiazole rings is 1. The van der Waals surface area contributed by atoms with Gasteiger partial charge in [0.05, 0.1) is 10.7 Å². The molecule has 0 amide bonds. The molecule has 0 atom stereocenters. The van der Waals surface area contributed by atoms with Gasteiger partial charge in [-0.05, 0) is 25.1 Å². The molecule has 0 aliphatic carbocycles. The fourth-order valence-electron chi connectivity index (χ4n) is 1.89. The van der Waals surface area contributed by atoms with Crippen LogP contribution in [0.5, 0.6) is 0 Å². The number of oxazole rings is 1. The van der Waals surface area contributed by atoms with Gasteiger partial charge in [-0.3, -0.25) is 0 Å². The van der Waals surface area contributed by atoms with Gasteiger partial charge >= 0.3 is 0 Å². The summed E-state index contributed by atoms with van der Waals surface area (Å²) in [6.45, 7) is 3.71. The first kappa shape index (κ1) is 10.9. The Morgan fingerprint density at radius 1 is 1.28 bits per heavy atom. The van der Waals surface area contributed by atoms with Gasteiger partial charge in [-0.15, -0.1) is 11.3 Å². The maximum Gasteiger partial charge on any atom is 0.192 e. The fraction of sp³-hybridized carbons (Fsp3) is 0.154. The lowest BCUT2D eigenvalue weighted by Gasteiger charge is -1.96. The van der Waals surface area contributed by atoms with E-state index in [4.69, 9.17) is 9.68 Å². The minimum absolute atomic E-state index is 0.632. The van der Waals surface area contributed by atoms with Crippen LogP contribution >= 0.6 is 11.3 Å². The monoisotopic (exact) mass is 255 g/mol. The number of hydrogen-bond donors (Lipinski definition) is 0. The summed E-state index contributed by atoms with van der Waals surface area (Å²) in [4.78, 5) is 9.32. The van der Waals surface area contributed by atoms with Gasteiger partial charge in [0.25, 0.3) is 0 Å². The van der Waals surface area contributed by atoms with E-state index in [0.29, 0.717) is 10.8 Å². The van der Waals surface area contributed by atoms with Crippen LogP contribution in [-0.4, -0.2) is 9.97 Å². The summed E-state index contributed by atoms with van der Waals surface area (Å²) < 4.78 is 5.43. The van der Waals surface area contributed by atoms with Crippen LogP contribution in [0.2, 0.25) is 0 Å². The molecule has 2 aromatic heterocycles. The Bertz CT molecular complexity index is 779. The predicted molar refractivity (Wildman–Crippen MR) is 69.3 cm³/mol. The van der Waals surface area contributed by atoms with Crippen LogP contribution in [0, 0.1) is 25.2 Å². The minimum atomic E-state index is 0.632. The highest BCUT2D eigenvalue weighted by Crippen LogP contribution is 2.29. The average molecular weight is 255 g/mol. The third-order valence-corrected chi connectivity index (χ3v) is 3.48. The Morgan fingerprint density at radius 3 is 2.89 bits per heavy atom. The van der Waals surface area contributed by atoms with Gasteiger partial charge in [0.2, 0.25) is 0 Å². The normalized spacial score (nSPS) is 10.7. The smallest absolute Gasteiger partial charge is 0.192 e. The summed E-state index contributed by atoms with van der Waals surface area (Å²) in [7, 11) is 0. The highest BCUT2D eigenvalue weighted by molar-refractivity contribution is 7.12. The zero-order valence-corrected chi connectivity index (χ0v) is 10.7. The van der Waals surface area contributed by atoms with Crippen LogP contribution in [0.15, 0.2) is 22.6 Å². The maximum atomic E-state index is 9.10. The van der Waals surface area contributed by atoms with Crippen molar-refractivity contribution >= 4 is 22.4 Å². The van der Waals surface area contributed by atoms with E-state index in [0.717, 1.165) is 27.4 Å². The molecule has 0 aliphatic rings. The Labute approximate surface area is 108 Å². The highest BCUT2D eigenvalue weighted by Gasteiger charge is 2.12. The Kier molecular flexibility index (Phi) is 2.39. The van der Waals surface area contributed by atoms with Crippen molar-refractivity contribution in [3.63, 3.8) is 0 Å². The molecule has 0 fully saturated rings. The Balaban J connectivity index is 2.22. The summed E-state index contributed by atoms with van der Waals surface area (Å²) in [6.07, 6.45) is 0. The van der Waals surface area contributed by atoms with E-state index in [9.17, 15) is 0 Å². The zero-order chi connectivity index (χ0) is 12.7. The number of hydrogen-bond acceptors (Lipinski definition) is 5. The molecule has 0 aliphatic heterocycles. The van der Waals surface area contributed by atoms with Crippen molar-refractivity contribution in [2.75, 3.05) is 0 Å². The van der Waals surface area contributed by atoms with Gasteiger partial charge in [0.15, 0.2) is 11.5 Å². The van der Waals surface area contributed by atoms with Crippen molar-refractivity contribution in [1.82, 2.24) is 9.97 Å². The molecular formula is C13H9N3OS. The van der Waals surface area contributed by atoms with Crippen molar-refractivity contribution < 1.29 is 4.42 Å². The minimum Gasteiger partial charge on any atom is -0.441 e. The number of rotatable bonds is 1. The Hall–Kier alpha value is -2.19. The number of nitrogens with zero attached hydrogens (tertiary/aromatic N) is 3. The highest BCUT2D eigenvalue weighted by atomic mass is 32.1. The van der Waals surface area contributed by atoms with Crippen molar-refractivity contribution in [3.05, 3.63) is 34.0 Å². The van der Waals surface area contributed by atoms with Gasteiger partial charge in [0, 0.05) is 12.5 Å². The summed E-state index contributed by atoms with van der Waals surface area (Å²) in [5.41, 5.74) is 3.17. The van der Waals surface area contributed by atoms with Crippen molar-refractivity contribution in [3.8, 4) is 17.3 Å². The van der Waals surface area contributed by atoms with Gasteiger partial charge in [-0.25, -0.2) is 9.97 Å². The second-order valence-corrected chi connectivity index (χ2v) is 5.14. The van der Waals surface area contributed by atoms with Gasteiger partial charge in [0.1, 0.15) is 16.5 Å². The molecule has 88 valence electrons. The topological polar surface area (TPSA) is 62.7 Å². The summed E-state index contributed by atoms with van der Waals surface area (Å²) in [5.74, 6) is 0.636. The largest absolute Gasteiger partial charge is 0.441 e. The van der Waals surface area contributed by atoms with E-state index in [1.54, 1.807) is 0 Å². The third-order valence-electron chi connectivity index (χ3n) is 2.60. The number of benzene rings is 1. The number of nitriles is 1. The summed E-state index contributed by atoms with van der Waals surface area (Å²) in [5, 5.41) is 9.98. The van der Waals surface area contributed by atoms with Gasteiger partial charge in [-0.2, -0.15) is 5.26 Å². The molecule has 18 heavy (non-hydrogen) atoms. The van der Waals surface area contributed by atoms with Crippen molar-refractivity contribution in [1.29, 1.82) is 5.26 Å².